The number of carbonyl (C=O) groups is 1. The molecule has 4 nitrogen and oxygen atoms in total. The summed E-state index contributed by atoms with van der Waals surface area (Å²) in [5.41, 5.74) is 0.300. The van der Waals surface area contributed by atoms with Gasteiger partial charge in [0, 0.05) is 25.2 Å². The fourth-order valence-corrected chi connectivity index (χ4v) is 3.69. The molecule has 0 bridgehead atoms. The minimum Gasteiger partial charge on any atom is -0.384 e. The summed E-state index contributed by atoms with van der Waals surface area (Å²) in [6.07, 6.45) is 1.60. The minimum atomic E-state index is -0.407. The number of nitrogens with one attached hydrogen (secondary N) is 2. The number of halogens is 1. The molecule has 0 spiro atoms. The van der Waals surface area contributed by atoms with E-state index in [4.69, 9.17) is 4.74 Å². The Morgan fingerprint density at radius 3 is 2.83 bits per heavy atom. The van der Waals surface area contributed by atoms with Crippen molar-refractivity contribution in [1.29, 1.82) is 0 Å². The van der Waals surface area contributed by atoms with Gasteiger partial charge in [0.2, 0.25) is 5.91 Å². The SMILES string of the molecule is COCC1(C(=O)NCCSCc2ccccc2F)CCNCC1. The van der Waals surface area contributed by atoms with Crippen LogP contribution in [0.3, 0.4) is 0 Å². The van der Waals surface area contributed by atoms with Gasteiger partial charge in [0.25, 0.3) is 0 Å². The smallest absolute Gasteiger partial charge is 0.228 e. The summed E-state index contributed by atoms with van der Waals surface area (Å²) >= 11 is 1.62. The first-order chi connectivity index (χ1) is 11.2. The molecule has 0 unspecified atom stereocenters. The molecular weight excluding hydrogens is 315 g/mol. The van der Waals surface area contributed by atoms with Gasteiger partial charge >= 0.3 is 0 Å². The monoisotopic (exact) mass is 340 g/mol. The Labute approximate surface area is 141 Å². The first-order valence-corrected chi connectivity index (χ1v) is 9.12. The van der Waals surface area contributed by atoms with Crippen molar-refractivity contribution in [2.24, 2.45) is 5.41 Å². The number of ether oxygens (including phenoxy) is 1. The number of hydrogen-bond acceptors (Lipinski definition) is 4. The largest absolute Gasteiger partial charge is 0.384 e. The van der Waals surface area contributed by atoms with Crippen LogP contribution in [0.1, 0.15) is 18.4 Å². The molecular formula is C17H25FN2O2S. The molecule has 1 saturated heterocycles. The first-order valence-electron chi connectivity index (χ1n) is 7.97. The van der Waals surface area contributed by atoms with E-state index in [1.54, 1.807) is 31.0 Å². The van der Waals surface area contributed by atoms with Crippen molar-refractivity contribution in [2.45, 2.75) is 18.6 Å². The van der Waals surface area contributed by atoms with Crippen molar-refractivity contribution >= 4 is 17.7 Å². The second-order valence-corrected chi connectivity index (χ2v) is 6.97. The van der Waals surface area contributed by atoms with Crippen molar-refractivity contribution in [1.82, 2.24) is 10.6 Å². The molecule has 128 valence electrons. The molecule has 2 rings (SSSR count). The lowest BCUT2D eigenvalue weighted by atomic mass is 9.78. The third-order valence-electron chi connectivity index (χ3n) is 4.21. The lowest BCUT2D eigenvalue weighted by Crippen LogP contribution is -2.50. The molecule has 1 amide bonds. The van der Waals surface area contributed by atoms with Gasteiger partial charge in [-0.15, -0.1) is 0 Å². The minimum absolute atomic E-state index is 0.0762. The van der Waals surface area contributed by atoms with E-state index in [2.05, 4.69) is 10.6 Å². The van der Waals surface area contributed by atoms with Gasteiger partial charge in [-0.2, -0.15) is 11.8 Å². The van der Waals surface area contributed by atoms with E-state index >= 15 is 0 Å². The molecule has 1 fully saturated rings. The predicted molar refractivity (Wildman–Crippen MR) is 92.0 cm³/mol. The van der Waals surface area contributed by atoms with Crippen molar-refractivity contribution in [3.63, 3.8) is 0 Å². The summed E-state index contributed by atoms with van der Waals surface area (Å²) in [6.45, 7) is 2.75. The molecule has 0 aliphatic carbocycles. The maximum atomic E-state index is 13.5. The highest BCUT2D eigenvalue weighted by Crippen LogP contribution is 2.29. The van der Waals surface area contributed by atoms with Crippen LogP contribution in [0.15, 0.2) is 24.3 Å². The summed E-state index contributed by atoms with van der Waals surface area (Å²) in [5.74, 6) is 1.29. The predicted octanol–water partition coefficient (Wildman–Crippen LogP) is 2.19. The fourth-order valence-electron chi connectivity index (χ4n) is 2.84. The number of hydrogen-bond donors (Lipinski definition) is 2. The van der Waals surface area contributed by atoms with Crippen LogP contribution in [0.2, 0.25) is 0 Å². The number of rotatable bonds is 8. The number of amides is 1. The van der Waals surface area contributed by atoms with E-state index in [9.17, 15) is 9.18 Å². The van der Waals surface area contributed by atoms with Crippen LogP contribution in [0, 0.1) is 11.2 Å². The highest BCUT2D eigenvalue weighted by atomic mass is 32.2. The number of piperidine rings is 1. The van der Waals surface area contributed by atoms with Crippen LogP contribution in [-0.2, 0) is 15.3 Å². The van der Waals surface area contributed by atoms with Gasteiger partial charge in [-0.3, -0.25) is 4.79 Å². The Morgan fingerprint density at radius 2 is 2.13 bits per heavy atom. The lowest BCUT2D eigenvalue weighted by Gasteiger charge is -2.35. The summed E-state index contributed by atoms with van der Waals surface area (Å²) in [4.78, 5) is 12.5. The maximum absolute atomic E-state index is 13.5. The van der Waals surface area contributed by atoms with Gasteiger partial charge < -0.3 is 15.4 Å². The van der Waals surface area contributed by atoms with Gasteiger partial charge in [0.15, 0.2) is 0 Å². The molecule has 1 aromatic carbocycles. The third kappa shape index (κ3) is 5.19. The van der Waals surface area contributed by atoms with Crippen LogP contribution in [0.5, 0.6) is 0 Å². The van der Waals surface area contributed by atoms with E-state index in [0.29, 0.717) is 24.5 Å². The second-order valence-electron chi connectivity index (χ2n) is 5.86. The standard InChI is InChI=1S/C17H25FN2O2S/c1-22-13-17(6-8-19-9-7-17)16(21)20-10-11-23-12-14-4-2-3-5-15(14)18/h2-5,19H,6-13H2,1H3,(H,20,21). The summed E-state index contributed by atoms with van der Waals surface area (Å²) in [6, 6.07) is 6.80. The average molecular weight is 340 g/mol. The molecule has 0 atom stereocenters. The first kappa shape index (κ1) is 18.2. The quantitative estimate of drug-likeness (QED) is 0.712. The number of carbonyl (C=O) groups excluding carboxylic acids is 1. The molecule has 1 aromatic rings. The summed E-state index contributed by atoms with van der Waals surface area (Å²) < 4.78 is 18.8. The Hall–Kier alpha value is -1.11. The van der Waals surface area contributed by atoms with Gasteiger partial charge in [0.1, 0.15) is 5.82 Å². The molecule has 1 aliphatic rings. The molecule has 23 heavy (non-hydrogen) atoms. The molecule has 1 heterocycles. The van der Waals surface area contributed by atoms with Crippen molar-refractivity contribution in [3.8, 4) is 0 Å². The Morgan fingerprint density at radius 1 is 1.39 bits per heavy atom. The van der Waals surface area contributed by atoms with Gasteiger partial charge in [0.05, 0.1) is 12.0 Å². The highest BCUT2D eigenvalue weighted by molar-refractivity contribution is 7.98. The zero-order valence-electron chi connectivity index (χ0n) is 13.6. The second kappa shape index (κ2) is 9.25. The highest BCUT2D eigenvalue weighted by Gasteiger charge is 2.39. The molecule has 0 radical (unpaired) electrons. The molecule has 2 N–H and O–H groups in total. The van der Waals surface area contributed by atoms with Crippen LogP contribution in [0.4, 0.5) is 4.39 Å². The van der Waals surface area contributed by atoms with E-state index in [-0.39, 0.29) is 11.7 Å². The number of benzene rings is 1. The van der Waals surface area contributed by atoms with Crippen molar-refractivity contribution in [2.75, 3.05) is 39.1 Å². The van der Waals surface area contributed by atoms with Crippen molar-refractivity contribution in [3.05, 3.63) is 35.6 Å². The van der Waals surface area contributed by atoms with Crippen LogP contribution in [0.25, 0.3) is 0 Å². The Bertz CT molecular complexity index is 502. The lowest BCUT2D eigenvalue weighted by molar-refractivity contribution is -0.136. The average Bonchev–Trinajstić information content (AvgIpc) is 2.57. The Balaban J connectivity index is 1.72. The van der Waals surface area contributed by atoms with E-state index < -0.39 is 5.41 Å². The molecule has 0 saturated carbocycles. The van der Waals surface area contributed by atoms with Crippen molar-refractivity contribution < 1.29 is 13.9 Å². The zero-order valence-corrected chi connectivity index (χ0v) is 14.4. The molecule has 1 aliphatic heterocycles. The summed E-state index contributed by atoms with van der Waals surface area (Å²) in [5, 5.41) is 6.30. The number of thioether (sulfide) groups is 1. The molecule has 0 aromatic heterocycles. The Kier molecular flexibility index (Phi) is 7.33. The zero-order chi connectivity index (χ0) is 16.5. The summed E-state index contributed by atoms with van der Waals surface area (Å²) in [7, 11) is 1.64. The van der Waals surface area contributed by atoms with Gasteiger partial charge in [-0.25, -0.2) is 4.39 Å². The number of methoxy groups -OCH3 is 1. The van der Waals surface area contributed by atoms with Crippen LogP contribution in [-0.4, -0.2) is 45.0 Å². The van der Waals surface area contributed by atoms with Gasteiger partial charge in [-0.1, -0.05) is 18.2 Å². The normalized spacial score (nSPS) is 17.0. The van der Waals surface area contributed by atoms with E-state index in [0.717, 1.165) is 31.7 Å². The fraction of sp³-hybridized carbons (Fsp3) is 0.588. The third-order valence-corrected chi connectivity index (χ3v) is 5.22. The van der Waals surface area contributed by atoms with Crippen LogP contribution >= 0.6 is 11.8 Å². The van der Waals surface area contributed by atoms with E-state index in [1.165, 1.54) is 6.07 Å². The molecule has 6 heteroatoms. The maximum Gasteiger partial charge on any atom is 0.228 e. The topological polar surface area (TPSA) is 50.4 Å². The van der Waals surface area contributed by atoms with Gasteiger partial charge in [-0.05, 0) is 37.6 Å². The van der Waals surface area contributed by atoms with Crippen LogP contribution < -0.4 is 10.6 Å². The van der Waals surface area contributed by atoms with E-state index in [1.807, 2.05) is 6.07 Å².